The molecule has 1 N–H and O–H groups in total. The lowest BCUT2D eigenvalue weighted by molar-refractivity contribution is -0.385. The number of non-ortho nitro benzene ring substituents is 1. The van der Waals surface area contributed by atoms with Gasteiger partial charge in [0.1, 0.15) is 6.10 Å². The Morgan fingerprint density at radius 1 is 1.40 bits per heavy atom. The van der Waals surface area contributed by atoms with Crippen molar-refractivity contribution in [2.75, 3.05) is 0 Å². The maximum Gasteiger partial charge on any atom is 0.269 e. The van der Waals surface area contributed by atoms with Crippen LogP contribution < -0.4 is 0 Å². The van der Waals surface area contributed by atoms with Crippen molar-refractivity contribution in [3.05, 3.63) is 39.9 Å². The van der Waals surface area contributed by atoms with Crippen LogP contribution in [0.25, 0.3) is 0 Å². The van der Waals surface area contributed by atoms with Crippen molar-refractivity contribution in [2.45, 2.75) is 9.90 Å². The molecular weight excluding hydrogens is 264 g/mol. The molecule has 0 heterocycles. The van der Waals surface area contributed by atoms with Crippen molar-refractivity contribution in [1.29, 1.82) is 0 Å². The fraction of sp³-hybridized carbons (Fsp3) is 0.250. The van der Waals surface area contributed by atoms with Crippen molar-refractivity contribution in [3.63, 3.8) is 0 Å². The first-order chi connectivity index (χ1) is 6.82. The van der Waals surface area contributed by atoms with E-state index in [1.165, 1.54) is 18.2 Å². The summed E-state index contributed by atoms with van der Waals surface area (Å²) in [5.74, 6) is 0. The van der Waals surface area contributed by atoms with Gasteiger partial charge in [0, 0.05) is 12.1 Å². The Morgan fingerprint density at radius 3 is 2.47 bits per heavy atom. The van der Waals surface area contributed by atoms with Gasteiger partial charge in [-0.05, 0) is 5.56 Å². The summed E-state index contributed by atoms with van der Waals surface area (Å²) in [6.07, 6.45) is -1.40. The quantitative estimate of drug-likeness (QED) is 0.510. The minimum Gasteiger partial charge on any atom is -0.384 e. The number of aliphatic hydroxyl groups is 1. The van der Waals surface area contributed by atoms with E-state index < -0.39 is 14.8 Å². The number of hydrogen-bond donors (Lipinski definition) is 1. The van der Waals surface area contributed by atoms with Crippen molar-refractivity contribution >= 4 is 40.5 Å². The van der Waals surface area contributed by atoms with Crippen LogP contribution in [-0.4, -0.2) is 13.8 Å². The highest BCUT2D eigenvalue weighted by atomic mass is 35.6. The van der Waals surface area contributed by atoms with Gasteiger partial charge >= 0.3 is 0 Å². The molecule has 0 saturated carbocycles. The minimum atomic E-state index is -1.91. The number of aliphatic hydroxyl groups excluding tert-OH is 1. The summed E-state index contributed by atoms with van der Waals surface area (Å²) < 4.78 is -1.91. The second-order valence-corrected chi connectivity index (χ2v) is 5.17. The number of benzene rings is 1. The molecule has 1 atom stereocenters. The second-order valence-electron chi connectivity index (χ2n) is 2.80. The average Bonchev–Trinajstić information content (AvgIpc) is 2.15. The van der Waals surface area contributed by atoms with E-state index in [4.69, 9.17) is 34.8 Å². The summed E-state index contributed by atoms with van der Waals surface area (Å²) in [4.78, 5) is 9.86. The molecule has 0 fully saturated rings. The molecule has 15 heavy (non-hydrogen) atoms. The first kappa shape index (κ1) is 12.5. The zero-order chi connectivity index (χ0) is 11.6. The SMILES string of the molecule is O=[N+]([O-])c1cccc([C@@H](O)C(Cl)(Cl)Cl)c1. The van der Waals surface area contributed by atoms with Crippen LogP contribution in [0.5, 0.6) is 0 Å². The van der Waals surface area contributed by atoms with Gasteiger partial charge in [0.25, 0.3) is 5.69 Å². The normalized spacial score (nSPS) is 13.6. The van der Waals surface area contributed by atoms with E-state index in [2.05, 4.69) is 0 Å². The smallest absolute Gasteiger partial charge is 0.269 e. The lowest BCUT2D eigenvalue weighted by Gasteiger charge is -2.18. The molecule has 1 aromatic carbocycles. The summed E-state index contributed by atoms with van der Waals surface area (Å²) in [5, 5.41) is 20.0. The largest absolute Gasteiger partial charge is 0.384 e. The highest BCUT2D eigenvalue weighted by molar-refractivity contribution is 6.68. The van der Waals surface area contributed by atoms with Crippen LogP contribution in [0, 0.1) is 10.1 Å². The molecule has 7 heteroatoms. The molecule has 1 rings (SSSR count). The highest BCUT2D eigenvalue weighted by Gasteiger charge is 2.32. The lowest BCUT2D eigenvalue weighted by atomic mass is 10.1. The Hall–Kier alpha value is -0.550. The predicted octanol–water partition coefficient (Wildman–Crippen LogP) is 3.00. The number of alkyl halides is 3. The van der Waals surface area contributed by atoms with E-state index in [9.17, 15) is 15.2 Å². The molecule has 1 aromatic rings. The van der Waals surface area contributed by atoms with Crippen LogP contribution in [0.3, 0.4) is 0 Å². The van der Waals surface area contributed by atoms with Crippen LogP contribution in [0.2, 0.25) is 0 Å². The molecule has 82 valence electrons. The Balaban J connectivity index is 3.06. The van der Waals surface area contributed by atoms with Gasteiger partial charge in [-0.15, -0.1) is 0 Å². The summed E-state index contributed by atoms with van der Waals surface area (Å²) in [7, 11) is 0. The summed E-state index contributed by atoms with van der Waals surface area (Å²) in [5.41, 5.74) is 0.0185. The second kappa shape index (κ2) is 4.53. The minimum absolute atomic E-state index is 0.166. The molecule has 0 aliphatic rings. The van der Waals surface area contributed by atoms with E-state index in [0.29, 0.717) is 0 Å². The molecule has 0 spiro atoms. The molecular formula is C8H6Cl3NO3. The number of nitro groups is 1. The molecule has 4 nitrogen and oxygen atoms in total. The topological polar surface area (TPSA) is 63.4 Å². The highest BCUT2D eigenvalue weighted by Crippen LogP contribution is 2.40. The van der Waals surface area contributed by atoms with E-state index in [1.807, 2.05) is 0 Å². The number of nitro benzene ring substituents is 1. The van der Waals surface area contributed by atoms with Gasteiger partial charge in [0.15, 0.2) is 0 Å². The van der Waals surface area contributed by atoms with Gasteiger partial charge in [-0.1, -0.05) is 46.9 Å². The molecule has 0 aliphatic heterocycles. The standard InChI is InChI=1S/C8H6Cl3NO3/c9-8(10,11)7(13)5-2-1-3-6(4-5)12(14)15/h1-4,7,13H/t7-/m1/s1. The lowest BCUT2D eigenvalue weighted by Crippen LogP contribution is -2.16. The van der Waals surface area contributed by atoms with Crippen LogP contribution in [0.1, 0.15) is 11.7 Å². The maximum atomic E-state index is 10.5. The van der Waals surface area contributed by atoms with Crippen LogP contribution in [0.4, 0.5) is 5.69 Å². The molecule has 0 radical (unpaired) electrons. The third kappa shape index (κ3) is 3.21. The fourth-order valence-electron chi connectivity index (χ4n) is 0.997. The summed E-state index contributed by atoms with van der Waals surface area (Å²) in [6.45, 7) is 0. The molecule has 0 aromatic heterocycles. The van der Waals surface area contributed by atoms with Crippen LogP contribution in [-0.2, 0) is 0 Å². The zero-order valence-electron chi connectivity index (χ0n) is 7.23. The van der Waals surface area contributed by atoms with Crippen molar-refractivity contribution in [2.24, 2.45) is 0 Å². The van der Waals surface area contributed by atoms with Crippen LogP contribution >= 0.6 is 34.8 Å². The van der Waals surface area contributed by atoms with E-state index in [0.717, 1.165) is 6.07 Å². The number of rotatable bonds is 2. The monoisotopic (exact) mass is 269 g/mol. The molecule has 0 aliphatic carbocycles. The Morgan fingerprint density at radius 2 is 2.00 bits per heavy atom. The van der Waals surface area contributed by atoms with Gasteiger partial charge in [-0.25, -0.2) is 0 Å². The molecule has 0 unspecified atom stereocenters. The number of nitrogens with zero attached hydrogens (tertiary/aromatic N) is 1. The van der Waals surface area contributed by atoms with Crippen molar-refractivity contribution < 1.29 is 10.0 Å². The Kier molecular flexibility index (Phi) is 3.78. The molecule has 0 amide bonds. The first-order valence-electron chi connectivity index (χ1n) is 3.81. The number of hydrogen-bond acceptors (Lipinski definition) is 3. The van der Waals surface area contributed by atoms with Gasteiger partial charge < -0.3 is 5.11 Å². The summed E-state index contributed by atoms with van der Waals surface area (Å²) >= 11 is 16.4. The third-order valence-corrected chi connectivity index (χ3v) is 2.33. The Labute approximate surface area is 101 Å². The Bertz CT molecular complexity index is 378. The third-order valence-electron chi connectivity index (χ3n) is 1.71. The molecule has 0 saturated heterocycles. The van der Waals surface area contributed by atoms with Gasteiger partial charge in [-0.2, -0.15) is 0 Å². The maximum absolute atomic E-state index is 10.5. The predicted molar refractivity (Wildman–Crippen MR) is 58.3 cm³/mol. The van der Waals surface area contributed by atoms with Crippen LogP contribution in [0.15, 0.2) is 24.3 Å². The van der Waals surface area contributed by atoms with Crippen molar-refractivity contribution in [3.8, 4) is 0 Å². The zero-order valence-corrected chi connectivity index (χ0v) is 9.50. The fourth-order valence-corrected chi connectivity index (χ4v) is 1.38. The molecule has 0 bridgehead atoms. The first-order valence-corrected chi connectivity index (χ1v) is 4.95. The van der Waals surface area contributed by atoms with E-state index in [-0.39, 0.29) is 11.3 Å². The van der Waals surface area contributed by atoms with Gasteiger partial charge in [-0.3, -0.25) is 10.1 Å². The van der Waals surface area contributed by atoms with E-state index in [1.54, 1.807) is 0 Å². The van der Waals surface area contributed by atoms with Crippen molar-refractivity contribution in [1.82, 2.24) is 0 Å². The average molecular weight is 270 g/mol. The summed E-state index contributed by atoms with van der Waals surface area (Å²) in [6, 6.07) is 5.30. The van der Waals surface area contributed by atoms with Gasteiger partial charge in [0.2, 0.25) is 3.79 Å². The van der Waals surface area contributed by atoms with E-state index >= 15 is 0 Å². The van der Waals surface area contributed by atoms with Gasteiger partial charge in [0.05, 0.1) is 4.92 Å². The number of halogens is 3.